The maximum atomic E-state index is 11.0. The third kappa shape index (κ3) is 3.17. The molecule has 0 aliphatic carbocycles. The lowest BCUT2D eigenvalue weighted by atomic mass is 10.2. The van der Waals surface area contributed by atoms with Gasteiger partial charge >= 0.3 is 5.97 Å². The Bertz CT molecular complexity index is 449. The van der Waals surface area contributed by atoms with Crippen molar-refractivity contribution < 1.29 is 19.4 Å². The van der Waals surface area contributed by atoms with Crippen molar-refractivity contribution in [2.45, 2.75) is 26.0 Å². The number of carboxylic acid groups (broad SMARTS) is 1. The molecule has 104 valence electrons. The summed E-state index contributed by atoms with van der Waals surface area (Å²) < 4.78 is 11.5. The number of rotatable bonds is 5. The van der Waals surface area contributed by atoms with Crippen LogP contribution in [0.1, 0.15) is 13.8 Å². The molecule has 0 unspecified atom stereocenters. The molecule has 0 saturated heterocycles. The molecule has 2 atom stereocenters. The Morgan fingerprint density at radius 2 is 2.16 bits per heavy atom. The lowest BCUT2D eigenvalue weighted by molar-refractivity contribution is -0.143. The Kier molecular flexibility index (Phi) is 4.27. The van der Waals surface area contributed by atoms with Crippen LogP contribution in [0.25, 0.3) is 0 Å². The van der Waals surface area contributed by atoms with Gasteiger partial charge in [-0.3, -0.25) is 9.69 Å². The fraction of sp³-hybridized carbons (Fsp3) is 0.500. The SMILES string of the molecule is CCN(C[C@H]1COc2ccccc2O1)[C@H](C)C(=O)O. The number of para-hydroxylation sites is 2. The number of ether oxygens (including phenoxy) is 2. The van der Waals surface area contributed by atoms with Crippen LogP contribution in [0.3, 0.4) is 0 Å². The first-order valence-electron chi connectivity index (χ1n) is 6.47. The molecule has 5 heteroatoms. The van der Waals surface area contributed by atoms with Crippen LogP contribution in [-0.2, 0) is 4.79 Å². The topological polar surface area (TPSA) is 59.0 Å². The van der Waals surface area contributed by atoms with E-state index < -0.39 is 12.0 Å². The first-order chi connectivity index (χ1) is 9.11. The molecule has 1 aliphatic heterocycles. The molecule has 5 nitrogen and oxygen atoms in total. The molecule has 1 aromatic carbocycles. The second-order valence-corrected chi connectivity index (χ2v) is 4.60. The van der Waals surface area contributed by atoms with Crippen molar-refractivity contribution in [3.8, 4) is 11.5 Å². The lowest BCUT2D eigenvalue weighted by Crippen LogP contribution is -2.47. The van der Waals surface area contributed by atoms with Crippen molar-refractivity contribution in [1.82, 2.24) is 4.90 Å². The number of likely N-dealkylation sites (N-methyl/N-ethyl adjacent to an activating group) is 1. The number of nitrogens with zero attached hydrogens (tertiary/aromatic N) is 1. The molecular weight excluding hydrogens is 246 g/mol. The summed E-state index contributed by atoms with van der Waals surface area (Å²) in [6, 6.07) is 6.99. The van der Waals surface area contributed by atoms with Gasteiger partial charge in [-0.1, -0.05) is 19.1 Å². The summed E-state index contributed by atoms with van der Waals surface area (Å²) in [5, 5.41) is 9.06. The zero-order valence-corrected chi connectivity index (χ0v) is 11.2. The summed E-state index contributed by atoms with van der Waals surface area (Å²) in [5.41, 5.74) is 0. The number of hydrogen-bond donors (Lipinski definition) is 1. The molecule has 0 radical (unpaired) electrons. The Labute approximate surface area is 112 Å². The molecule has 0 bridgehead atoms. The first-order valence-corrected chi connectivity index (χ1v) is 6.47. The van der Waals surface area contributed by atoms with E-state index >= 15 is 0 Å². The molecular formula is C14H19NO4. The smallest absolute Gasteiger partial charge is 0.320 e. The third-order valence-electron chi connectivity index (χ3n) is 3.32. The second-order valence-electron chi connectivity index (χ2n) is 4.60. The zero-order chi connectivity index (χ0) is 13.8. The van der Waals surface area contributed by atoms with E-state index in [9.17, 15) is 4.79 Å². The van der Waals surface area contributed by atoms with Gasteiger partial charge in [0.15, 0.2) is 11.5 Å². The van der Waals surface area contributed by atoms with Crippen LogP contribution in [0.5, 0.6) is 11.5 Å². The Morgan fingerprint density at radius 1 is 1.47 bits per heavy atom. The van der Waals surface area contributed by atoms with Crippen molar-refractivity contribution >= 4 is 5.97 Å². The standard InChI is InChI=1S/C14H19NO4/c1-3-15(10(2)14(16)17)8-11-9-18-12-6-4-5-7-13(12)19-11/h4-7,10-11H,3,8-9H2,1-2H3,(H,16,17)/t10-,11+/m1/s1. The highest BCUT2D eigenvalue weighted by molar-refractivity contribution is 5.72. The minimum absolute atomic E-state index is 0.142. The average molecular weight is 265 g/mol. The van der Waals surface area contributed by atoms with Gasteiger partial charge in [0, 0.05) is 6.54 Å². The molecule has 1 heterocycles. The number of carbonyl (C=O) groups is 1. The molecule has 19 heavy (non-hydrogen) atoms. The van der Waals surface area contributed by atoms with E-state index in [0.29, 0.717) is 19.7 Å². The maximum Gasteiger partial charge on any atom is 0.320 e. The van der Waals surface area contributed by atoms with Gasteiger partial charge in [-0.15, -0.1) is 0 Å². The fourth-order valence-corrected chi connectivity index (χ4v) is 2.13. The van der Waals surface area contributed by atoms with Gasteiger partial charge in [0.05, 0.1) is 0 Å². The van der Waals surface area contributed by atoms with Crippen LogP contribution in [0.4, 0.5) is 0 Å². The number of fused-ring (bicyclic) bond motifs is 1. The largest absolute Gasteiger partial charge is 0.486 e. The number of aliphatic carboxylic acids is 1. The summed E-state index contributed by atoms with van der Waals surface area (Å²) in [5.74, 6) is 0.643. The summed E-state index contributed by atoms with van der Waals surface area (Å²) in [4.78, 5) is 12.9. The summed E-state index contributed by atoms with van der Waals surface area (Å²) in [6.07, 6.45) is -0.142. The molecule has 1 aromatic rings. The molecule has 0 fully saturated rings. The van der Waals surface area contributed by atoms with Crippen molar-refractivity contribution in [3.05, 3.63) is 24.3 Å². The highest BCUT2D eigenvalue weighted by Crippen LogP contribution is 2.31. The summed E-state index contributed by atoms with van der Waals surface area (Å²) in [6.45, 7) is 5.27. The molecule has 1 aliphatic rings. The van der Waals surface area contributed by atoms with Gasteiger partial charge < -0.3 is 14.6 Å². The fourth-order valence-electron chi connectivity index (χ4n) is 2.13. The summed E-state index contributed by atoms with van der Waals surface area (Å²) in [7, 11) is 0. The highest BCUT2D eigenvalue weighted by atomic mass is 16.6. The minimum atomic E-state index is -0.820. The normalized spacial score (nSPS) is 19.2. The van der Waals surface area contributed by atoms with E-state index in [4.69, 9.17) is 14.6 Å². The van der Waals surface area contributed by atoms with Crippen LogP contribution in [-0.4, -0.2) is 47.8 Å². The van der Waals surface area contributed by atoms with Gasteiger partial charge in [-0.05, 0) is 25.6 Å². The van der Waals surface area contributed by atoms with E-state index in [1.165, 1.54) is 0 Å². The van der Waals surface area contributed by atoms with E-state index in [1.54, 1.807) is 6.92 Å². The van der Waals surface area contributed by atoms with Gasteiger partial charge in [0.1, 0.15) is 18.8 Å². The van der Waals surface area contributed by atoms with Gasteiger partial charge in [0.25, 0.3) is 0 Å². The Balaban J connectivity index is 1.99. The monoisotopic (exact) mass is 265 g/mol. The third-order valence-corrected chi connectivity index (χ3v) is 3.32. The molecule has 1 N–H and O–H groups in total. The van der Waals surface area contributed by atoms with Crippen LogP contribution in [0.2, 0.25) is 0 Å². The average Bonchev–Trinajstić information content (AvgIpc) is 2.43. The summed E-state index contributed by atoms with van der Waals surface area (Å²) >= 11 is 0. The molecule has 0 spiro atoms. The molecule has 0 saturated carbocycles. The van der Waals surface area contributed by atoms with E-state index in [1.807, 2.05) is 36.1 Å². The van der Waals surface area contributed by atoms with Gasteiger partial charge in [0.2, 0.25) is 0 Å². The van der Waals surface area contributed by atoms with Crippen molar-refractivity contribution in [1.29, 1.82) is 0 Å². The lowest BCUT2D eigenvalue weighted by Gasteiger charge is -2.32. The molecule has 0 amide bonds. The highest BCUT2D eigenvalue weighted by Gasteiger charge is 2.26. The van der Waals surface area contributed by atoms with E-state index in [0.717, 1.165) is 11.5 Å². The molecule has 2 rings (SSSR count). The predicted octanol–water partition coefficient (Wildman–Crippen LogP) is 1.62. The number of carboxylic acids is 1. The Hall–Kier alpha value is -1.75. The van der Waals surface area contributed by atoms with Gasteiger partial charge in [-0.2, -0.15) is 0 Å². The predicted molar refractivity (Wildman–Crippen MR) is 70.7 cm³/mol. The zero-order valence-electron chi connectivity index (χ0n) is 11.2. The van der Waals surface area contributed by atoms with E-state index in [2.05, 4.69) is 0 Å². The second kappa shape index (κ2) is 5.93. The van der Waals surface area contributed by atoms with Crippen LogP contribution in [0, 0.1) is 0 Å². The van der Waals surface area contributed by atoms with Crippen LogP contribution in [0.15, 0.2) is 24.3 Å². The quantitative estimate of drug-likeness (QED) is 0.876. The number of benzene rings is 1. The van der Waals surface area contributed by atoms with Gasteiger partial charge in [-0.25, -0.2) is 0 Å². The molecule has 0 aromatic heterocycles. The number of hydrogen-bond acceptors (Lipinski definition) is 4. The van der Waals surface area contributed by atoms with Crippen LogP contribution < -0.4 is 9.47 Å². The van der Waals surface area contributed by atoms with Crippen molar-refractivity contribution in [3.63, 3.8) is 0 Å². The maximum absolute atomic E-state index is 11.0. The first kappa shape index (κ1) is 13.7. The van der Waals surface area contributed by atoms with E-state index in [-0.39, 0.29) is 6.10 Å². The minimum Gasteiger partial charge on any atom is -0.486 e. The van der Waals surface area contributed by atoms with Crippen molar-refractivity contribution in [2.75, 3.05) is 19.7 Å². The van der Waals surface area contributed by atoms with Crippen molar-refractivity contribution in [2.24, 2.45) is 0 Å². The van der Waals surface area contributed by atoms with Crippen LogP contribution >= 0.6 is 0 Å². The Morgan fingerprint density at radius 3 is 2.79 bits per heavy atom.